The maximum absolute atomic E-state index is 12.8. The van der Waals surface area contributed by atoms with E-state index in [9.17, 15) is 9.59 Å². The molecule has 0 radical (unpaired) electrons. The maximum Gasteiger partial charge on any atom is 0.238 e. The second-order valence-electron chi connectivity index (χ2n) is 6.16. The minimum atomic E-state index is -0.628. The molecule has 1 aliphatic heterocycles. The topological polar surface area (TPSA) is 71.0 Å². The molecule has 1 fully saturated rings. The van der Waals surface area contributed by atoms with Crippen LogP contribution in [0.25, 0.3) is 0 Å². The molecule has 2 aromatic rings. The molecule has 152 valence electrons. The third kappa shape index (κ3) is 5.23. The van der Waals surface area contributed by atoms with Crippen LogP contribution in [-0.2, 0) is 9.59 Å². The molecule has 2 amide bonds. The Morgan fingerprint density at radius 1 is 1.28 bits per heavy atom. The molecule has 1 N–H and O–H groups in total. The molecule has 0 bridgehead atoms. The van der Waals surface area contributed by atoms with Crippen LogP contribution in [0, 0.1) is 0 Å². The first-order valence-electron chi connectivity index (χ1n) is 8.87. The number of anilines is 1. The van der Waals surface area contributed by atoms with E-state index in [4.69, 9.17) is 27.9 Å². The highest BCUT2D eigenvalue weighted by Crippen LogP contribution is 2.33. The first-order valence-corrected chi connectivity index (χ1v) is 10.5. The lowest BCUT2D eigenvalue weighted by molar-refractivity contribution is -0.129. The molecule has 1 unspecified atom stereocenters. The zero-order valence-electron chi connectivity index (χ0n) is 15.8. The van der Waals surface area contributed by atoms with E-state index in [-0.39, 0.29) is 18.2 Å². The first-order chi connectivity index (χ1) is 13.9. The zero-order chi connectivity index (χ0) is 21.0. The fraction of sp³-hybridized carbons (Fsp3) is 0.250. The van der Waals surface area contributed by atoms with E-state index >= 15 is 0 Å². The summed E-state index contributed by atoms with van der Waals surface area (Å²) in [5.41, 5.74) is 1.06. The number of amidine groups is 1. The van der Waals surface area contributed by atoms with E-state index in [1.165, 1.54) is 11.8 Å². The van der Waals surface area contributed by atoms with Gasteiger partial charge in [0.05, 0.1) is 7.11 Å². The van der Waals surface area contributed by atoms with Crippen molar-refractivity contribution in [3.05, 3.63) is 52.5 Å². The number of thioether (sulfide) groups is 1. The summed E-state index contributed by atoms with van der Waals surface area (Å²) in [7, 11) is 1.56. The Kier molecular flexibility index (Phi) is 7.05. The summed E-state index contributed by atoms with van der Waals surface area (Å²) >= 11 is 13.2. The molecule has 2 aromatic carbocycles. The second kappa shape index (κ2) is 9.52. The Morgan fingerprint density at radius 3 is 2.62 bits per heavy atom. The average Bonchev–Trinajstić information content (AvgIpc) is 2.67. The number of methoxy groups -OCH3 is 1. The average molecular weight is 452 g/mol. The fourth-order valence-corrected chi connectivity index (χ4v) is 4.51. The van der Waals surface area contributed by atoms with Crippen molar-refractivity contribution in [3.8, 4) is 5.75 Å². The minimum absolute atomic E-state index is 0.0730. The number of aliphatic imine (C=N–C) groups is 1. The van der Waals surface area contributed by atoms with Crippen LogP contribution in [0.5, 0.6) is 5.75 Å². The van der Waals surface area contributed by atoms with Crippen LogP contribution in [0.2, 0.25) is 10.0 Å². The third-order valence-electron chi connectivity index (χ3n) is 4.18. The number of hydrogen-bond acceptors (Lipinski definition) is 5. The van der Waals surface area contributed by atoms with Crippen LogP contribution < -0.4 is 10.1 Å². The number of carbonyl (C=O) groups is 2. The minimum Gasteiger partial charge on any atom is -0.494 e. The predicted octanol–water partition coefficient (Wildman–Crippen LogP) is 4.98. The zero-order valence-corrected chi connectivity index (χ0v) is 18.1. The quantitative estimate of drug-likeness (QED) is 0.695. The molecule has 1 aliphatic rings. The highest BCUT2D eigenvalue weighted by atomic mass is 35.5. The summed E-state index contributed by atoms with van der Waals surface area (Å²) in [5, 5.41) is 3.43. The van der Waals surface area contributed by atoms with Crippen molar-refractivity contribution >= 4 is 63.3 Å². The van der Waals surface area contributed by atoms with Gasteiger partial charge in [-0.2, -0.15) is 0 Å². The number of nitrogens with zero attached hydrogens (tertiary/aromatic N) is 2. The van der Waals surface area contributed by atoms with Gasteiger partial charge in [0.15, 0.2) is 5.17 Å². The number of ether oxygens (including phenoxy) is 1. The molecule has 0 aromatic heterocycles. The normalized spacial score (nSPS) is 18.1. The summed E-state index contributed by atoms with van der Waals surface area (Å²) in [4.78, 5) is 31.6. The molecule has 1 atom stereocenters. The second-order valence-corrected chi connectivity index (χ2v) is 8.20. The Hall–Kier alpha value is -2.22. The fourth-order valence-electron chi connectivity index (χ4n) is 2.83. The van der Waals surface area contributed by atoms with Crippen LogP contribution in [0.3, 0.4) is 0 Å². The monoisotopic (exact) mass is 451 g/mol. The molecule has 29 heavy (non-hydrogen) atoms. The molecule has 1 saturated heterocycles. The summed E-state index contributed by atoms with van der Waals surface area (Å²) in [5.74, 6) is 0.110. The molecule has 3 rings (SSSR count). The van der Waals surface area contributed by atoms with E-state index in [0.29, 0.717) is 38.9 Å². The summed E-state index contributed by atoms with van der Waals surface area (Å²) in [6.45, 7) is 2.32. The van der Waals surface area contributed by atoms with Crippen molar-refractivity contribution in [1.29, 1.82) is 0 Å². The number of halogens is 2. The van der Waals surface area contributed by atoms with E-state index in [1.807, 2.05) is 19.1 Å². The van der Waals surface area contributed by atoms with Gasteiger partial charge in [0.2, 0.25) is 11.8 Å². The summed E-state index contributed by atoms with van der Waals surface area (Å²) < 4.78 is 5.33. The lowest BCUT2D eigenvalue weighted by Crippen LogP contribution is -2.45. The summed E-state index contributed by atoms with van der Waals surface area (Å²) in [6.07, 6.45) is 0.0730. The Balaban J connectivity index is 1.85. The van der Waals surface area contributed by atoms with Crippen LogP contribution in [0.1, 0.15) is 13.3 Å². The summed E-state index contributed by atoms with van der Waals surface area (Å²) in [6, 6.07) is 12.0. The van der Waals surface area contributed by atoms with Crippen molar-refractivity contribution in [1.82, 2.24) is 4.90 Å². The number of para-hydroxylation sites is 2. The SMILES string of the molecule is CCN1C(=O)CC(C(=O)Nc2cc(Cl)cc(Cl)c2)SC1=Nc1ccccc1OC. The lowest BCUT2D eigenvalue weighted by atomic mass is 10.2. The predicted molar refractivity (Wildman–Crippen MR) is 119 cm³/mol. The van der Waals surface area contributed by atoms with Gasteiger partial charge in [-0.3, -0.25) is 14.5 Å². The number of carbonyl (C=O) groups excluding carboxylic acids is 2. The van der Waals surface area contributed by atoms with Crippen LogP contribution in [-0.4, -0.2) is 40.8 Å². The standard InChI is InChI=1S/C20H19Cl2N3O3S/c1-3-25-18(26)11-17(19(27)23-14-9-12(21)8-13(22)10-14)29-20(25)24-15-6-4-5-7-16(15)28-2/h4-10,17H,3,11H2,1-2H3,(H,23,27). The van der Waals surface area contributed by atoms with Gasteiger partial charge in [-0.25, -0.2) is 4.99 Å². The van der Waals surface area contributed by atoms with Crippen LogP contribution >= 0.6 is 35.0 Å². The molecule has 0 spiro atoms. The first kappa shape index (κ1) is 21.5. The molecular formula is C20H19Cl2N3O3S. The van der Waals surface area contributed by atoms with Crippen molar-refractivity contribution in [2.45, 2.75) is 18.6 Å². The smallest absolute Gasteiger partial charge is 0.238 e. The van der Waals surface area contributed by atoms with Gasteiger partial charge in [0, 0.05) is 28.7 Å². The number of hydrogen-bond donors (Lipinski definition) is 1. The van der Waals surface area contributed by atoms with Crippen molar-refractivity contribution < 1.29 is 14.3 Å². The molecular weight excluding hydrogens is 433 g/mol. The van der Waals surface area contributed by atoms with Gasteiger partial charge in [-0.15, -0.1) is 0 Å². The van der Waals surface area contributed by atoms with Gasteiger partial charge < -0.3 is 10.1 Å². The Bertz CT molecular complexity index is 947. The number of rotatable bonds is 5. The van der Waals surface area contributed by atoms with Gasteiger partial charge in [-0.05, 0) is 37.3 Å². The van der Waals surface area contributed by atoms with Gasteiger partial charge in [0.25, 0.3) is 0 Å². The molecule has 0 aliphatic carbocycles. The van der Waals surface area contributed by atoms with Crippen molar-refractivity contribution in [2.75, 3.05) is 19.0 Å². The van der Waals surface area contributed by atoms with E-state index in [1.54, 1.807) is 42.3 Å². The van der Waals surface area contributed by atoms with Gasteiger partial charge in [0.1, 0.15) is 16.7 Å². The Labute approximate surface area is 183 Å². The van der Waals surface area contributed by atoms with Crippen LogP contribution in [0.4, 0.5) is 11.4 Å². The number of nitrogens with one attached hydrogen (secondary N) is 1. The molecule has 0 saturated carbocycles. The van der Waals surface area contributed by atoms with Crippen LogP contribution in [0.15, 0.2) is 47.5 Å². The lowest BCUT2D eigenvalue weighted by Gasteiger charge is -2.31. The Morgan fingerprint density at radius 2 is 1.97 bits per heavy atom. The molecule has 9 heteroatoms. The van der Waals surface area contributed by atoms with Crippen molar-refractivity contribution in [3.63, 3.8) is 0 Å². The van der Waals surface area contributed by atoms with Gasteiger partial charge >= 0.3 is 0 Å². The van der Waals surface area contributed by atoms with Crippen molar-refractivity contribution in [2.24, 2.45) is 4.99 Å². The van der Waals surface area contributed by atoms with E-state index in [0.717, 1.165) is 0 Å². The largest absolute Gasteiger partial charge is 0.494 e. The van der Waals surface area contributed by atoms with E-state index < -0.39 is 5.25 Å². The van der Waals surface area contributed by atoms with E-state index in [2.05, 4.69) is 10.3 Å². The highest BCUT2D eigenvalue weighted by Gasteiger charge is 2.35. The molecule has 1 heterocycles. The third-order valence-corrected chi connectivity index (χ3v) is 5.80. The van der Waals surface area contributed by atoms with Gasteiger partial charge in [-0.1, -0.05) is 47.1 Å². The highest BCUT2D eigenvalue weighted by molar-refractivity contribution is 8.15. The molecule has 6 nitrogen and oxygen atoms in total. The maximum atomic E-state index is 12.8. The number of benzene rings is 2. The number of amides is 2.